The number of hydrogen-bond donors (Lipinski definition) is 0. The van der Waals surface area contributed by atoms with Crippen molar-refractivity contribution in [2.45, 2.75) is 45.3 Å². The van der Waals surface area contributed by atoms with Crippen molar-refractivity contribution in [1.29, 1.82) is 0 Å². The van der Waals surface area contributed by atoms with Crippen LogP contribution in [-0.4, -0.2) is 48.7 Å². The number of rotatable bonds is 9. The Morgan fingerprint density at radius 1 is 1.00 bits per heavy atom. The molecule has 10 heteroatoms. The largest absolute Gasteiger partial charge is 0.493 e. The molecule has 40 heavy (non-hydrogen) atoms. The Kier molecular flexibility index (Phi) is 8.88. The fourth-order valence-electron chi connectivity index (χ4n) is 5.13. The van der Waals surface area contributed by atoms with Crippen LogP contribution in [0.15, 0.2) is 66.7 Å². The molecule has 0 saturated heterocycles. The van der Waals surface area contributed by atoms with E-state index in [2.05, 4.69) is 0 Å². The van der Waals surface area contributed by atoms with E-state index < -0.39 is 17.1 Å². The topological polar surface area (TPSA) is 111 Å². The van der Waals surface area contributed by atoms with Gasteiger partial charge in [-0.3, -0.25) is 19.8 Å². The number of methoxy groups -OCH3 is 2. The van der Waals surface area contributed by atoms with E-state index in [-0.39, 0.29) is 30.7 Å². The number of nitrogens with zero attached hydrogens (tertiary/aromatic N) is 3. The molecule has 2 amide bonds. The molecule has 0 saturated carbocycles. The first-order valence-corrected chi connectivity index (χ1v) is 13.1. The fourth-order valence-corrected chi connectivity index (χ4v) is 5.13. The van der Waals surface area contributed by atoms with Gasteiger partial charge in [0.2, 0.25) is 5.91 Å². The van der Waals surface area contributed by atoms with Crippen molar-refractivity contribution in [2.24, 2.45) is 0 Å². The van der Waals surface area contributed by atoms with Crippen molar-refractivity contribution in [3.05, 3.63) is 93.5 Å². The fraction of sp³-hybridized carbons (Fsp3) is 0.333. The standard InChI is InChI=1S/C30H33N3O7/c1-5-40-30(35)32-20(2)14-25(24-17-27(38-3)28(39-4)18-26(24)32)31(19-21-10-7-6-8-11-21)29(34)16-22-12-9-13-23(15-22)33(36)37/h6-13,15,17-18,20,25H,5,14,16,19H2,1-4H3/t20-,25+/m1/s1. The van der Waals surface area contributed by atoms with Gasteiger partial charge in [-0.2, -0.15) is 0 Å². The smallest absolute Gasteiger partial charge is 0.414 e. The number of nitro groups is 1. The zero-order valence-corrected chi connectivity index (χ0v) is 23.0. The highest BCUT2D eigenvalue weighted by molar-refractivity contribution is 5.91. The van der Waals surface area contributed by atoms with Gasteiger partial charge in [-0.05, 0) is 37.5 Å². The number of hydrogen-bond acceptors (Lipinski definition) is 7. The highest BCUT2D eigenvalue weighted by Gasteiger charge is 2.40. The van der Waals surface area contributed by atoms with E-state index in [4.69, 9.17) is 14.2 Å². The Morgan fingerprint density at radius 3 is 2.33 bits per heavy atom. The zero-order chi connectivity index (χ0) is 28.8. The summed E-state index contributed by atoms with van der Waals surface area (Å²) in [5, 5.41) is 11.3. The zero-order valence-electron chi connectivity index (χ0n) is 23.0. The van der Waals surface area contributed by atoms with Crippen molar-refractivity contribution in [3.63, 3.8) is 0 Å². The first-order valence-electron chi connectivity index (χ1n) is 13.1. The lowest BCUT2D eigenvalue weighted by Crippen LogP contribution is -2.48. The van der Waals surface area contributed by atoms with Gasteiger partial charge in [0.15, 0.2) is 11.5 Å². The maximum absolute atomic E-state index is 14.0. The molecular formula is C30H33N3O7. The van der Waals surface area contributed by atoms with Gasteiger partial charge in [0.05, 0.1) is 43.9 Å². The number of nitro benzene ring substituents is 1. The number of anilines is 1. The third-order valence-electron chi connectivity index (χ3n) is 6.99. The van der Waals surface area contributed by atoms with Gasteiger partial charge in [-0.15, -0.1) is 0 Å². The van der Waals surface area contributed by atoms with Crippen molar-refractivity contribution in [3.8, 4) is 11.5 Å². The SMILES string of the molecule is CCOC(=O)N1c2cc(OC)c(OC)cc2[C@@H](N(Cc2ccccc2)C(=O)Cc2cccc([N+](=O)[O-])c2)C[C@H]1C. The molecule has 1 aliphatic heterocycles. The molecule has 0 bridgehead atoms. The van der Waals surface area contributed by atoms with Crippen molar-refractivity contribution >= 4 is 23.4 Å². The highest BCUT2D eigenvalue weighted by Crippen LogP contribution is 2.46. The van der Waals surface area contributed by atoms with Crippen LogP contribution in [0.4, 0.5) is 16.2 Å². The van der Waals surface area contributed by atoms with Crippen LogP contribution in [0.2, 0.25) is 0 Å². The van der Waals surface area contributed by atoms with E-state index >= 15 is 0 Å². The molecule has 4 rings (SSSR count). The summed E-state index contributed by atoms with van der Waals surface area (Å²) in [5.74, 6) is 0.711. The normalized spacial score (nSPS) is 16.1. The number of carbonyl (C=O) groups is 2. The summed E-state index contributed by atoms with van der Waals surface area (Å²) in [6.45, 7) is 4.18. The molecule has 1 aliphatic rings. The van der Waals surface area contributed by atoms with Crippen LogP contribution in [-0.2, 0) is 22.5 Å². The summed E-state index contributed by atoms with van der Waals surface area (Å²) in [4.78, 5) is 41.3. The second kappa shape index (κ2) is 12.5. The Balaban J connectivity index is 1.81. The second-order valence-electron chi connectivity index (χ2n) is 9.55. The molecule has 0 unspecified atom stereocenters. The maximum Gasteiger partial charge on any atom is 0.414 e. The van der Waals surface area contributed by atoms with Crippen LogP contribution in [0.25, 0.3) is 0 Å². The number of carbonyl (C=O) groups excluding carboxylic acids is 2. The van der Waals surface area contributed by atoms with Crippen LogP contribution in [0.1, 0.15) is 43.0 Å². The van der Waals surface area contributed by atoms with Gasteiger partial charge in [0, 0.05) is 36.3 Å². The van der Waals surface area contributed by atoms with Gasteiger partial charge in [0.25, 0.3) is 5.69 Å². The summed E-state index contributed by atoms with van der Waals surface area (Å²) < 4.78 is 16.5. The van der Waals surface area contributed by atoms with Gasteiger partial charge in [-0.1, -0.05) is 42.5 Å². The van der Waals surface area contributed by atoms with E-state index in [1.807, 2.05) is 37.3 Å². The molecule has 2 atom stereocenters. The molecule has 0 aliphatic carbocycles. The Bertz CT molecular complexity index is 1380. The van der Waals surface area contributed by atoms with Gasteiger partial charge >= 0.3 is 6.09 Å². The van der Waals surface area contributed by atoms with Crippen molar-refractivity contribution in [1.82, 2.24) is 4.90 Å². The third kappa shape index (κ3) is 6.01. The van der Waals surface area contributed by atoms with E-state index in [0.29, 0.717) is 41.3 Å². The number of ether oxygens (including phenoxy) is 3. The lowest BCUT2D eigenvalue weighted by Gasteiger charge is -2.43. The molecule has 3 aromatic rings. The minimum atomic E-state index is -0.487. The number of fused-ring (bicyclic) bond motifs is 1. The summed E-state index contributed by atoms with van der Waals surface area (Å²) >= 11 is 0. The lowest BCUT2D eigenvalue weighted by atomic mass is 9.89. The predicted octanol–water partition coefficient (Wildman–Crippen LogP) is 5.68. The molecule has 10 nitrogen and oxygen atoms in total. The molecule has 1 heterocycles. The summed E-state index contributed by atoms with van der Waals surface area (Å²) in [5.41, 5.74) is 2.69. The van der Waals surface area contributed by atoms with Crippen LogP contribution in [0, 0.1) is 10.1 Å². The Morgan fingerprint density at radius 2 is 1.68 bits per heavy atom. The molecule has 0 N–H and O–H groups in total. The summed E-state index contributed by atoms with van der Waals surface area (Å²) in [6.07, 6.45) is -0.0715. The van der Waals surface area contributed by atoms with Crippen molar-refractivity contribution < 1.29 is 28.7 Å². The van der Waals surface area contributed by atoms with E-state index in [1.54, 1.807) is 41.0 Å². The predicted molar refractivity (Wildman–Crippen MR) is 150 cm³/mol. The van der Waals surface area contributed by atoms with Gasteiger partial charge < -0.3 is 19.1 Å². The van der Waals surface area contributed by atoms with E-state index in [9.17, 15) is 19.7 Å². The van der Waals surface area contributed by atoms with Crippen LogP contribution < -0.4 is 14.4 Å². The lowest BCUT2D eigenvalue weighted by molar-refractivity contribution is -0.384. The first kappa shape index (κ1) is 28.4. The second-order valence-corrected chi connectivity index (χ2v) is 9.55. The highest BCUT2D eigenvalue weighted by atomic mass is 16.6. The average Bonchev–Trinajstić information content (AvgIpc) is 2.95. The van der Waals surface area contributed by atoms with E-state index in [1.165, 1.54) is 26.4 Å². The Labute approximate surface area is 233 Å². The molecule has 3 aromatic carbocycles. The first-order chi connectivity index (χ1) is 19.3. The van der Waals surface area contributed by atoms with E-state index in [0.717, 1.165) is 5.56 Å². The molecule has 0 spiro atoms. The summed E-state index contributed by atoms with van der Waals surface area (Å²) in [6, 6.07) is 18.5. The van der Waals surface area contributed by atoms with Gasteiger partial charge in [0.1, 0.15) is 0 Å². The summed E-state index contributed by atoms with van der Waals surface area (Å²) in [7, 11) is 3.05. The maximum atomic E-state index is 14.0. The van der Waals surface area contributed by atoms with Crippen LogP contribution >= 0.6 is 0 Å². The van der Waals surface area contributed by atoms with Crippen molar-refractivity contribution in [2.75, 3.05) is 25.7 Å². The minimum Gasteiger partial charge on any atom is -0.493 e. The average molecular weight is 548 g/mol. The minimum absolute atomic E-state index is 0.0242. The quantitative estimate of drug-likeness (QED) is 0.250. The number of non-ortho nitro benzene ring substituents is 1. The molecule has 0 fully saturated rings. The number of amides is 2. The van der Waals surface area contributed by atoms with Crippen LogP contribution in [0.5, 0.6) is 11.5 Å². The number of benzene rings is 3. The Hall–Kier alpha value is -4.60. The molecule has 0 aromatic heterocycles. The molecular weight excluding hydrogens is 514 g/mol. The van der Waals surface area contributed by atoms with Gasteiger partial charge in [-0.25, -0.2) is 4.79 Å². The molecule has 0 radical (unpaired) electrons. The monoisotopic (exact) mass is 547 g/mol. The third-order valence-corrected chi connectivity index (χ3v) is 6.99. The molecule has 210 valence electrons. The van der Waals surface area contributed by atoms with Crippen LogP contribution in [0.3, 0.4) is 0 Å².